The molecule has 0 fully saturated rings. The maximum atomic E-state index is 13.5. The molecule has 0 bridgehead atoms. The quantitative estimate of drug-likeness (QED) is 0.373. The molecule has 34 heavy (non-hydrogen) atoms. The van der Waals surface area contributed by atoms with Gasteiger partial charge in [0.25, 0.3) is 11.8 Å². The molecule has 2 amide bonds. The van der Waals surface area contributed by atoms with E-state index in [1.807, 2.05) is 49.4 Å². The van der Waals surface area contributed by atoms with E-state index in [4.69, 9.17) is 4.74 Å². The Hall–Kier alpha value is -4.19. The summed E-state index contributed by atoms with van der Waals surface area (Å²) in [4.78, 5) is 40.2. The molecule has 0 saturated heterocycles. The minimum Gasteiger partial charge on any atom is -0.462 e. The lowest BCUT2D eigenvalue weighted by atomic mass is 10.0. The Bertz CT molecular complexity index is 1230. The first kappa shape index (κ1) is 23.0. The Balaban J connectivity index is 1.67. The first-order chi connectivity index (χ1) is 16.5. The monoisotopic (exact) mass is 454 g/mol. The first-order valence-corrected chi connectivity index (χ1v) is 11.3. The predicted octanol–water partition coefficient (Wildman–Crippen LogP) is 5.21. The number of amides is 2. The van der Waals surface area contributed by atoms with Gasteiger partial charge in [-0.25, -0.2) is 9.69 Å². The number of hydrogen-bond donors (Lipinski definition) is 1. The van der Waals surface area contributed by atoms with E-state index in [0.717, 1.165) is 23.4 Å². The van der Waals surface area contributed by atoms with Gasteiger partial charge in [-0.05, 0) is 60.4 Å². The second-order valence-electron chi connectivity index (χ2n) is 7.92. The van der Waals surface area contributed by atoms with Gasteiger partial charge in [0.15, 0.2) is 0 Å². The van der Waals surface area contributed by atoms with Crippen molar-refractivity contribution < 1.29 is 19.1 Å². The molecule has 0 unspecified atom stereocenters. The Morgan fingerprint density at radius 3 is 2.15 bits per heavy atom. The molecule has 1 heterocycles. The average Bonchev–Trinajstić information content (AvgIpc) is 3.12. The first-order valence-electron chi connectivity index (χ1n) is 11.3. The van der Waals surface area contributed by atoms with Crippen LogP contribution >= 0.6 is 0 Å². The summed E-state index contributed by atoms with van der Waals surface area (Å²) in [7, 11) is 0. The van der Waals surface area contributed by atoms with Crippen molar-refractivity contribution in [3.05, 3.63) is 101 Å². The van der Waals surface area contributed by atoms with Crippen molar-refractivity contribution in [2.24, 2.45) is 0 Å². The van der Waals surface area contributed by atoms with E-state index in [1.54, 1.807) is 36.4 Å². The van der Waals surface area contributed by atoms with Gasteiger partial charge in [-0.2, -0.15) is 0 Å². The van der Waals surface area contributed by atoms with Gasteiger partial charge in [-0.1, -0.05) is 56.3 Å². The molecule has 0 saturated carbocycles. The number of hydrogen-bond acceptors (Lipinski definition) is 5. The molecule has 3 aromatic carbocycles. The van der Waals surface area contributed by atoms with E-state index in [9.17, 15) is 14.4 Å². The lowest BCUT2D eigenvalue weighted by Crippen LogP contribution is -2.32. The molecule has 0 spiro atoms. The number of imide groups is 1. The number of ether oxygens (including phenoxy) is 1. The number of benzene rings is 3. The predicted molar refractivity (Wildman–Crippen MR) is 132 cm³/mol. The van der Waals surface area contributed by atoms with Crippen molar-refractivity contribution in [1.29, 1.82) is 0 Å². The highest BCUT2D eigenvalue weighted by Gasteiger charge is 2.40. The minimum absolute atomic E-state index is 0.215. The molecule has 4 rings (SSSR count). The maximum absolute atomic E-state index is 13.5. The fraction of sp³-hybridized carbons (Fsp3) is 0.179. The summed E-state index contributed by atoms with van der Waals surface area (Å²) in [5, 5.41) is 3.17. The van der Waals surface area contributed by atoms with Crippen LogP contribution < -0.4 is 10.2 Å². The van der Waals surface area contributed by atoms with Crippen LogP contribution in [0.1, 0.15) is 41.8 Å². The number of carbonyl (C=O) groups excluding carboxylic acids is 3. The second kappa shape index (κ2) is 10.2. The Morgan fingerprint density at radius 1 is 0.853 bits per heavy atom. The van der Waals surface area contributed by atoms with Crippen LogP contribution in [0.2, 0.25) is 0 Å². The summed E-state index contributed by atoms with van der Waals surface area (Å²) < 4.78 is 5.15. The lowest BCUT2D eigenvalue weighted by Gasteiger charge is -2.16. The fourth-order valence-electron chi connectivity index (χ4n) is 3.75. The third-order valence-electron chi connectivity index (χ3n) is 5.58. The zero-order chi connectivity index (χ0) is 24.1. The highest BCUT2D eigenvalue weighted by molar-refractivity contribution is 6.46. The fourth-order valence-corrected chi connectivity index (χ4v) is 3.75. The zero-order valence-corrected chi connectivity index (χ0v) is 19.2. The van der Waals surface area contributed by atoms with Crippen molar-refractivity contribution in [1.82, 2.24) is 0 Å². The maximum Gasteiger partial charge on any atom is 0.338 e. The van der Waals surface area contributed by atoms with Crippen LogP contribution in [0.25, 0.3) is 5.57 Å². The molecule has 6 heteroatoms. The second-order valence-corrected chi connectivity index (χ2v) is 7.92. The summed E-state index contributed by atoms with van der Waals surface area (Å²) in [5.74, 6) is -1.32. The molecule has 0 radical (unpaired) electrons. The van der Waals surface area contributed by atoms with E-state index in [2.05, 4.69) is 12.2 Å². The molecular weight excluding hydrogens is 428 g/mol. The smallest absolute Gasteiger partial charge is 0.338 e. The Kier molecular flexibility index (Phi) is 6.87. The normalized spacial score (nSPS) is 13.4. The van der Waals surface area contributed by atoms with Gasteiger partial charge >= 0.3 is 5.97 Å². The van der Waals surface area contributed by atoms with Gasteiger partial charge in [0.1, 0.15) is 5.70 Å². The third kappa shape index (κ3) is 4.62. The molecule has 1 N–H and O–H groups in total. The molecule has 6 nitrogen and oxygen atoms in total. The Morgan fingerprint density at radius 2 is 1.53 bits per heavy atom. The summed E-state index contributed by atoms with van der Waals surface area (Å²) in [6, 6.07) is 23.2. The van der Waals surface area contributed by atoms with Crippen LogP contribution in [-0.2, 0) is 20.7 Å². The van der Waals surface area contributed by atoms with Crippen molar-refractivity contribution in [3.8, 4) is 0 Å². The van der Waals surface area contributed by atoms with E-state index < -0.39 is 17.8 Å². The van der Waals surface area contributed by atoms with Crippen LogP contribution in [0, 0.1) is 0 Å². The molecule has 0 aliphatic carbocycles. The number of nitrogens with one attached hydrogen (secondary N) is 1. The third-order valence-corrected chi connectivity index (χ3v) is 5.58. The number of esters is 1. The molecule has 3 aromatic rings. The highest BCUT2D eigenvalue weighted by Crippen LogP contribution is 2.34. The number of rotatable bonds is 8. The minimum atomic E-state index is -0.454. The van der Waals surface area contributed by atoms with Crippen molar-refractivity contribution in [2.75, 3.05) is 16.8 Å². The van der Waals surface area contributed by atoms with Crippen molar-refractivity contribution in [2.45, 2.75) is 26.7 Å². The van der Waals surface area contributed by atoms with Crippen LogP contribution in [-0.4, -0.2) is 24.4 Å². The average molecular weight is 455 g/mol. The number of nitrogens with zero attached hydrogens (tertiary/aromatic N) is 1. The van der Waals surface area contributed by atoms with Crippen LogP contribution in [0.15, 0.2) is 84.6 Å². The van der Waals surface area contributed by atoms with Gasteiger partial charge in [-0.15, -0.1) is 0 Å². The summed E-state index contributed by atoms with van der Waals surface area (Å²) in [5.41, 5.74) is 3.81. The molecule has 172 valence electrons. The van der Waals surface area contributed by atoms with Crippen molar-refractivity contribution in [3.63, 3.8) is 0 Å². The summed E-state index contributed by atoms with van der Waals surface area (Å²) in [6.45, 7) is 4.33. The van der Waals surface area contributed by atoms with Gasteiger partial charge in [0.05, 0.1) is 23.4 Å². The van der Waals surface area contributed by atoms with Crippen molar-refractivity contribution >= 4 is 34.7 Å². The van der Waals surface area contributed by atoms with E-state index >= 15 is 0 Å². The molecule has 1 aliphatic rings. The van der Waals surface area contributed by atoms with Crippen LogP contribution in [0.3, 0.4) is 0 Å². The topological polar surface area (TPSA) is 75.7 Å². The van der Waals surface area contributed by atoms with Crippen LogP contribution in [0.5, 0.6) is 0 Å². The Labute approximate surface area is 198 Å². The molecular formula is C28H26N2O4. The van der Waals surface area contributed by atoms with E-state index in [1.165, 1.54) is 5.56 Å². The molecule has 0 atom stereocenters. The van der Waals surface area contributed by atoms with E-state index in [-0.39, 0.29) is 5.70 Å². The lowest BCUT2D eigenvalue weighted by molar-refractivity contribution is -0.120. The molecule has 1 aliphatic heterocycles. The van der Waals surface area contributed by atoms with Crippen LogP contribution in [0.4, 0.5) is 11.4 Å². The molecule has 0 aromatic heterocycles. The zero-order valence-electron chi connectivity index (χ0n) is 19.2. The SMILES string of the molecule is CCCOC(=O)c1ccc(N2C(=O)C(Nc3ccc(CC)cc3)=C(c3ccccc3)C2=O)cc1. The van der Waals surface area contributed by atoms with Gasteiger partial charge in [0.2, 0.25) is 0 Å². The largest absolute Gasteiger partial charge is 0.462 e. The number of carbonyl (C=O) groups is 3. The summed E-state index contributed by atoms with van der Waals surface area (Å²) in [6.07, 6.45) is 1.64. The van der Waals surface area contributed by atoms with E-state index in [0.29, 0.717) is 29.0 Å². The summed E-state index contributed by atoms with van der Waals surface area (Å²) >= 11 is 0. The number of aryl methyl sites for hydroxylation is 1. The highest BCUT2D eigenvalue weighted by atomic mass is 16.5. The van der Waals surface area contributed by atoms with Gasteiger partial charge in [-0.3, -0.25) is 9.59 Å². The standard InChI is InChI=1S/C28H26N2O4/c1-3-18-34-28(33)21-12-16-23(17-13-21)30-26(31)24(20-8-6-5-7-9-20)25(27(30)32)29-22-14-10-19(4-2)11-15-22/h5-17,29H,3-4,18H2,1-2H3. The van der Waals surface area contributed by atoms with Gasteiger partial charge in [0, 0.05) is 5.69 Å². The number of anilines is 2. The van der Waals surface area contributed by atoms with Gasteiger partial charge < -0.3 is 10.1 Å².